The van der Waals surface area contributed by atoms with Crippen LogP contribution in [0.25, 0.3) is 0 Å². The van der Waals surface area contributed by atoms with Gasteiger partial charge < -0.3 is 5.73 Å². The molecule has 0 radical (unpaired) electrons. The van der Waals surface area contributed by atoms with Crippen molar-refractivity contribution in [3.05, 3.63) is 5.69 Å². The Balaban J connectivity index is 3.10. The van der Waals surface area contributed by atoms with Gasteiger partial charge in [-0.05, 0) is 35.4 Å². The van der Waals surface area contributed by atoms with Gasteiger partial charge in [0.15, 0.2) is 0 Å². The molecule has 0 aliphatic heterocycles. The Morgan fingerprint density at radius 3 is 2.64 bits per heavy atom. The molecule has 0 saturated heterocycles. The van der Waals surface area contributed by atoms with Crippen molar-refractivity contribution in [1.29, 1.82) is 0 Å². The third kappa shape index (κ3) is 1.77. The predicted molar refractivity (Wildman–Crippen MR) is 54.8 cm³/mol. The number of rotatable bonds is 2. The number of hydrogen-bond acceptors (Lipinski definition) is 4. The monoisotopic (exact) mass is 206 g/mol. The Kier molecular flexibility index (Phi) is 2.98. The maximum Gasteiger partial charge on any atom is 0.108 e. The van der Waals surface area contributed by atoms with Crippen molar-refractivity contribution >= 4 is 37.9 Å². The first-order valence-electron chi connectivity index (χ1n) is 3.24. The van der Waals surface area contributed by atoms with Gasteiger partial charge in [-0.15, -0.1) is 0 Å². The van der Waals surface area contributed by atoms with Crippen LogP contribution in [0.2, 0.25) is 0 Å². The fraction of sp³-hybridized carbons (Fsp3) is 0.500. The minimum Gasteiger partial charge on any atom is -0.396 e. The van der Waals surface area contributed by atoms with Crippen LogP contribution in [0.3, 0.4) is 0 Å². The molecular weight excluding hydrogens is 196 g/mol. The summed E-state index contributed by atoms with van der Waals surface area (Å²) in [4.78, 5) is 0. The van der Waals surface area contributed by atoms with E-state index < -0.39 is 0 Å². The quantitative estimate of drug-likeness (QED) is 0.794. The van der Waals surface area contributed by atoms with Crippen LogP contribution in [-0.2, 0) is 27.1 Å². The van der Waals surface area contributed by atoms with E-state index in [1.807, 2.05) is 13.2 Å². The molecule has 0 aromatic carbocycles. The normalized spacial score (nSPS) is 13.3. The van der Waals surface area contributed by atoms with Crippen molar-refractivity contribution in [3.63, 3.8) is 0 Å². The minimum atomic E-state index is -0.157. The van der Waals surface area contributed by atoms with Gasteiger partial charge in [-0.1, -0.05) is 16.4 Å². The highest BCUT2D eigenvalue weighted by atomic mass is 32.8. The van der Waals surface area contributed by atoms with E-state index in [4.69, 9.17) is 16.9 Å². The van der Waals surface area contributed by atoms with Gasteiger partial charge in [0.2, 0.25) is 0 Å². The number of hydrogen-bond donors (Lipinski definition) is 1. The lowest BCUT2D eigenvalue weighted by Crippen LogP contribution is -1.93. The van der Waals surface area contributed by atoms with Crippen molar-refractivity contribution in [2.24, 2.45) is 0 Å². The van der Waals surface area contributed by atoms with Gasteiger partial charge in [0, 0.05) is 0 Å². The topological polar surface area (TPSA) is 38.9 Å². The fourth-order valence-corrected chi connectivity index (χ4v) is 2.91. The van der Waals surface area contributed by atoms with Crippen LogP contribution < -0.4 is 5.73 Å². The molecule has 0 fully saturated rings. The van der Waals surface area contributed by atoms with Crippen LogP contribution in [0.5, 0.6) is 0 Å². The molecule has 0 aliphatic carbocycles. The lowest BCUT2D eigenvalue weighted by atomic mass is 10.3. The minimum absolute atomic E-state index is 0.157. The maximum atomic E-state index is 5.80. The number of nitrogen functional groups attached to an aromatic ring is 1. The van der Waals surface area contributed by atoms with E-state index in [0.717, 1.165) is 22.0 Å². The zero-order valence-electron chi connectivity index (χ0n) is 6.46. The molecular formula is C6H10N2S3. The fourth-order valence-electron chi connectivity index (χ4n) is 0.775. The molecule has 0 aliphatic rings. The molecule has 0 amide bonds. The average Bonchev–Trinajstić information content (AvgIpc) is 2.30. The van der Waals surface area contributed by atoms with Gasteiger partial charge in [0.1, 0.15) is 4.21 Å². The first-order valence-corrected chi connectivity index (χ1v) is 6.57. The summed E-state index contributed by atoms with van der Waals surface area (Å²) in [6.07, 6.45) is 2.88. The Labute approximate surface area is 77.6 Å². The summed E-state index contributed by atoms with van der Waals surface area (Å²) < 4.78 is 5.28. The van der Waals surface area contributed by atoms with E-state index in [2.05, 4.69) is 4.37 Å². The highest BCUT2D eigenvalue weighted by molar-refractivity contribution is 8.29. The smallest absolute Gasteiger partial charge is 0.108 e. The first-order chi connectivity index (χ1) is 5.16. The Morgan fingerprint density at radius 1 is 1.73 bits per heavy atom. The summed E-state index contributed by atoms with van der Waals surface area (Å²) in [6.45, 7) is 2.05. The molecule has 1 aromatic heterocycles. The lowest BCUT2D eigenvalue weighted by Gasteiger charge is -1.95. The summed E-state index contributed by atoms with van der Waals surface area (Å²) in [5.41, 5.74) is 7.62. The highest BCUT2D eigenvalue weighted by Gasteiger charge is 2.08. The predicted octanol–water partition coefficient (Wildman–Crippen LogP) is 1.36. The number of nitrogens with zero attached hydrogens (tertiary/aromatic N) is 1. The number of anilines is 1. The molecule has 0 bridgehead atoms. The van der Waals surface area contributed by atoms with Gasteiger partial charge >= 0.3 is 0 Å². The van der Waals surface area contributed by atoms with Gasteiger partial charge in [0.25, 0.3) is 0 Å². The van der Waals surface area contributed by atoms with E-state index in [0.29, 0.717) is 0 Å². The Bertz CT molecular complexity index is 279. The second-order valence-electron chi connectivity index (χ2n) is 2.14. The maximum absolute atomic E-state index is 5.80. The van der Waals surface area contributed by atoms with Gasteiger partial charge in [0.05, 0.1) is 11.4 Å². The summed E-state index contributed by atoms with van der Waals surface area (Å²) >= 11 is 6.55. The van der Waals surface area contributed by atoms with Crippen molar-refractivity contribution < 1.29 is 0 Å². The highest BCUT2D eigenvalue weighted by Crippen LogP contribution is 2.24. The van der Waals surface area contributed by atoms with Crippen LogP contribution in [0, 0.1) is 0 Å². The number of aromatic nitrogens is 1. The SMILES string of the molecule is CCc1nsc(S(C)=S)c1N. The van der Waals surface area contributed by atoms with E-state index in [9.17, 15) is 0 Å². The summed E-state index contributed by atoms with van der Waals surface area (Å²) in [5, 5.41) is 0. The molecule has 1 aromatic rings. The molecule has 11 heavy (non-hydrogen) atoms. The van der Waals surface area contributed by atoms with Crippen molar-refractivity contribution in [2.45, 2.75) is 17.6 Å². The van der Waals surface area contributed by atoms with E-state index in [-0.39, 0.29) is 9.45 Å². The molecule has 5 heteroatoms. The van der Waals surface area contributed by atoms with Gasteiger partial charge in [-0.25, -0.2) is 0 Å². The third-order valence-corrected chi connectivity index (χ3v) is 4.60. The zero-order valence-corrected chi connectivity index (χ0v) is 8.91. The molecule has 2 N–H and O–H groups in total. The molecule has 1 rings (SSSR count). The second kappa shape index (κ2) is 3.60. The molecule has 2 nitrogen and oxygen atoms in total. The Morgan fingerprint density at radius 2 is 2.36 bits per heavy atom. The van der Waals surface area contributed by atoms with Gasteiger partial charge in [-0.2, -0.15) is 4.37 Å². The molecule has 0 spiro atoms. The summed E-state index contributed by atoms with van der Waals surface area (Å²) in [5.74, 6) is 0. The van der Waals surface area contributed by atoms with E-state index >= 15 is 0 Å². The van der Waals surface area contributed by atoms with Crippen LogP contribution in [0.15, 0.2) is 4.21 Å². The van der Waals surface area contributed by atoms with Crippen LogP contribution in [-0.4, -0.2) is 10.6 Å². The number of aryl methyl sites for hydroxylation is 1. The molecule has 1 unspecified atom stereocenters. The second-order valence-corrected chi connectivity index (χ2v) is 5.99. The standard InChI is InChI=1S/C6H10N2S3/c1-3-4-5(7)6(10-8-4)11(2)9/h3,7H2,1-2H3. The van der Waals surface area contributed by atoms with E-state index in [1.165, 1.54) is 11.5 Å². The first kappa shape index (κ1) is 9.09. The zero-order chi connectivity index (χ0) is 8.43. The van der Waals surface area contributed by atoms with Crippen molar-refractivity contribution in [1.82, 2.24) is 4.37 Å². The molecule has 1 heterocycles. The molecule has 0 saturated carbocycles. The van der Waals surface area contributed by atoms with Gasteiger partial charge in [-0.3, -0.25) is 0 Å². The van der Waals surface area contributed by atoms with Crippen LogP contribution in [0.1, 0.15) is 12.6 Å². The third-order valence-electron chi connectivity index (χ3n) is 1.37. The summed E-state index contributed by atoms with van der Waals surface area (Å²) in [7, 11) is -0.157. The van der Waals surface area contributed by atoms with Crippen molar-refractivity contribution in [3.8, 4) is 0 Å². The van der Waals surface area contributed by atoms with Crippen LogP contribution >= 0.6 is 11.5 Å². The average molecular weight is 206 g/mol. The van der Waals surface area contributed by atoms with Crippen molar-refractivity contribution in [2.75, 3.05) is 12.0 Å². The number of nitrogens with two attached hydrogens (primary N) is 1. The largest absolute Gasteiger partial charge is 0.396 e. The molecule has 1 atom stereocenters. The summed E-state index contributed by atoms with van der Waals surface area (Å²) in [6, 6.07) is 0. The van der Waals surface area contributed by atoms with E-state index in [1.54, 1.807) is 0 Å². The lowest BCUT2D eigenvalue weighted by molar-refractivity contribution is 1.09. The molecule has 62 valence electrons. The Hall–Kier alpha value is -0.0000000000000000555. The van der Waals surface area contributed by atoms with Crippen LogP contribution in [0.4, 0.5) is 5.69 Å².